The van der Waals surface area contributed by atoms with Crippen LogP contribution in [-0.2, 0) is 22.7 Å². The van der Waals surface area contributed by atoms with Gasteiger partial charge in [-0.25, -0.2) is 4.39 Å². The van der Waals surface area contributed by atoms with E-state index in [1.165, 1.54) is 12.1 Å². The van der Waals surface area contributed by atoms with E-state index in [4.69, 9.17) is 4.42 Å². The Labute approximate surface area is 190 Å². The van der Waals surface area contributed by atoms with Gasteiger partial charge in [-0.15, -0.1) is 0 Å². The van der Waals surface area contributed by atoms with E-state index in [9.17, 15) is 14.0 Å². The molecule has 1 aromatic heterocycles. The van der Waals surface area contributed by atoms with E-state index in [0.29, 0.717) is 18.8 Å². The van der Waals surface area contributed by atoms with Gasteiger partial charge in [-0.05, 0) is 62.4 Å². The zero-order valence-electron chi connectivity index (χ0n) is 19.5. The predicted octanol–water partition coefficient (Wildman–Crippen LogP) is 5.46. The van der Waals surface area contributed by atoms with Crippen LogP contribution >= 0.6 is 0 Å². The molecule has 2 amide bonds. The smallest absolute Gasteiger partial charge is 0.242 e. The maximum atomic E-state index is 13.4. The molecule has 1 unspecified atom stereocenters. The highest BCUT2D eigenvalue weighted by Crippen LogP contribution is 2.30. The average molecular weight is 443 g/mol. The van der Waals surface area contributed by atoms with E-state index in [2.05, 4.69) is 6.92 Å². The fourth-order valence-electron chi connectivity index (χ4n) is 4.01. The van der Waals surface area contributed by atoms with Crippen molar-refractivity contribution < 1.29 is 18.4 Å². The summed E-state index contributed by atoms with van der Waals surface area (Å²) in [7, 11) is 0. The number of rotatable bonds is 12. The molecule has 2 aromatic rings. The lowest BCUT2D eigenvalue weighted by molar-refractivity contribution is -0.144. The Bertz CT molecular complexity index is 889. The van der Waals surface area contributed by atoms with Crippen molar-refractivity contribution in [1.82, 2.24) is 9.80 Å². The molecule has 5 nitrogen and oxygen atoms in total. The maximum absolute atomic E-state index is 13.4. The minimum Gasteiger partial charge on any atom is -0.464 e. The van der Waals surface area contributed by atoms with Crippen LogP contribution in [0.15, 0.2) is 40.8 Å². The third kappa shape index (κ3) is 6.68. The number of hydrogen-bond acceptors (Lipinski definition) is 3. The van der Waals surface area contributed by atoms with Crippen LogP contribution in [0.5, 0.6) is 0 Å². The topological polar surface area (TPSA) is 53.8 Å². The van der Waals surface area contributed by atoms with Crippen LogP contribution in [0.3, 0.4) is 0 Å². The molecule has 0 radical (unpaired) electrons. The first-order chi connectivity index (χ1) is 15.4. The molecule has 0 bridgehead atoms. The molecule has 1 aliphatic carbocycles. The monoisotopic (exact) mass is 442 g/mol. The zero-order chi connectivity index (χ0) is 23.1. The van der Waals surface area contributed by atoms with Gasteiger partial charge in [0.2, 0.25) is 11.8 Å². The van der Waals surface area contributed by atoms with Crippen molar-refractivity contribution in [3.63, 3.8) is 0 Å². The molecule has 0 saturated heterocycles. The number of aryl methyl sites for hydroxylation is 1. The highest BCUT2D eigenvalue weighted by Gasteiger charge is 2.37. The molecule has 0 N–H and O–H groups in total. The fraction of sp³-hybridized carbons (Fsp3) is 0.538. The Balaban J connectivity index is 1.75. The Morgan fingerprint density at radius 2 is 1.81 bits per heavy atom. The lowest BCUT2D eigenvalue weighted by Crippen LogP contribution is -2.45. The molecule has 1 heterocycles. The lowest BCUT2D eigenvalue weighted by atomic mass is 9.97. The molecule has 32 heavy (non-hydrogen) atoms. The second-order valence-corrected chi connectivity index (χ2v) is 8.83. The number of amides is 2. The second kappa shape index (κ2) is 11.3. The van der Waals surface area contributed by atoms with Gasteiger partial charge in [0, 0.05) is 18.5 Å². The molecule has 1 saturated carbocycles. The molecular weight excluding hydrogens is 407 g/mol. The molecule has 1 fully saturated rings. The fourth-order valence-corrected chi connectivity index (χ4v) is 4.01. The van der Waals surface area contributed by atoms with E-state index in [0.717, 1.165) is 49.8 Å². The highest BCUT2D eigenvalue weighted by molar-refractivity contribution is 5.86. The standard InChI is InChI=1S/C26H35FN2O3/c1-4-6-7-21(5-2)26(31)29(23-13-14-23)18-25(30)28(17-24-15-8-19(3)32-24)16-20-9-11-22(27)12-10-20/h8-12,15,21,23H,4-7,13-14,16-18H2,1-3H3. The first kappa shape index (κ1) is 24.0. The van der Waals surface area contributed by atoms with Crippen LogP contribution in [0.2, 0.25) is 0 Å². The van der Waals surface area contributed by atoms with Gasteiger partial charge >= 0.3 is 0 Å². The van der Waals surface area contributed by atoms with Crippen molar-refractivity contribution in [1.29, 1.82) is 0 Å². The maximum Gasteiger partial charge on any atom is 0.242 e. The third-order valence-electron chi connectivity index (χ3n) is 6.11. The third-order valence-corrected chi connectivity index (χ3v) is 6.11. The summed E-state index contributed by atoms with van der Waals surface area (Å²) in [6.07, 6.45) is 5.65. The number of nitrogens with zero attached hydrogens (tertiary/aromatic N) is 2. The molecule has 1 aliphatic rings. The Kier molecular flexibility index (Phi) is 8.48. The van der Waals surface area contributed by atoms with Gasteiger partial charge in [0.15, 0.2) is 0 Å². The lowest BCUT2D eigenvalue weighted by Gasteiger charge is -2.30. The van der Waals surface area contributed by atoms with Gasteiger partial charge in [0.1, 0.15) is 23.9 Å². The van der Waals surface area contributed by atoms with Crippen LogP contribution in [0.1, 0.15) is 69.5 Å². The number of carbonyl (C=O) groups excluding carboxylic acids is 2. The summed E-state index contributed by atoms with van der Waals surface area (Å²) in [6, 6.07) is 10.1. The largest absolute Gasteiger partial charge is 0.464 e. The van der Waals surface area contributed by atoms with Crippen LogP contribution in [0.4, 0.5) is 4.39 Å². The molecule has 3 rings (SSSR count). The Morgan fingerprint density at radius 1 is 1.09 bits per heavy atom. The van der Waals surface area contributed by atoms with Crippen LogP contribution in [0, 0.1) is 18.7 Å². The summed E-state index contributed by atoms with van der Waals surface area (Å²) in [5, 5.41) is 0. The van der Waals surface area contributed by atoms with Crippen molar-refractivity contribution in [2.24, 2.45) is 5.92 Å². The van der Waals surface area contributed by atoms with Gasteiger partial charge in [0.25, 0.3) is 0 Å². The predicted molar refractivity (Wildman–Crippen MR) is 122 cm³/mol. The first-order valence-electron chi connectivity index (χ1n) is 11.8. The summed E-state index contributed by atoms with van der Waals surface area (Å²) in [4.78, 5) is 30.2. The Morgan fingerprint density at radius 3 is 2.38 bits per heavy atom. The molecular formula is C26H35FN2O3. The van der Waals surface area contributed by atoms with Crippen molar-refractivity contribution >= 4 is 11.8 Å². The molecule has 0 aliphatic heterocycles. The second-order valence-electron chi connectivity index (χ2n) is 8.83. The minimum absolute atomic E-state index is 0.0263. The molecule has 1 aromatic carbocycles. The average Bonchev–Trinajstić information content (AvgIpc) is 3.54. The summed E-state index contributed by atoms with van der Waals surface area (Å²) >= 11 is 0. The van der Waals surface area contributed by atoms with E-state index < -0.39 is 0 Å². The van der Waals surface area contributed by atoms with Gasteiger partial charge in [0.05, 0.1) is 6.54 Å². The first-order valence-corrected chi connectivity index (χ1v) is 11.8. The summed E-state index contributed by atoms with van der Waals surface area (Å²) in [6.45, 7) is 6.76. The summed E-state index contributed by atoms with van der Waals surface area (Å²) in [5.41, 5.74) is 0.835. The van der Waals surface area contributed by atoms with E-state index in [1.54, 1.807) is 21.9 Å². The number of furan rings is 1. The van der Waals surface area contributed by atoms with Crippen molar-refractivity contribution in [3.8, 4) is 0 Å². The number of hydrogen-bond donors (Lipinski definition) is 0. The number of halogens is 1. The SMILES string of the molecule is CCCCC(CC)C(=O)N(CC(=O)N(Cc1ccc(F)cc1)Cc1ccc(C)o1)C1CC1. The van der Waals surface area contributed by atoms with Gasteiger partial charge in [-0.1, -0.05) is 38.8 Å². The zero-order valence-corrected chi connectivity index (χ0v) is 19.5. The molecule has 1 atom stereocenters. The Hall–Kier alpha value is -2.63. The van der Waals surface area contributed by atoms with Crippen LogP contribution in [-0.4, -0.2) is 34.2 Å². The number of unbranched alkanes of at least 4 members (excludes halogenated alkanes) is 1. The van der Waals surface area contributed by atoms with Crippen molar-refractivity contribution in [3.05, 3.63) is 59.3 Å². The van der Waals surface area contributed by atoms with Crippen molar-refractivity contribution in [2.45, 2.75) is 78.4 Å². The summed E-state index contributed by atoms with van der Waals surface area (Å²) < 4.78 is 19.0. The highest BCUT2D eigenvalue weighted by atomic mass is 19.1. The molecule has 6 heteroatoms. The van der Waals surface area contributed by atoms with Crippen LogP contribution in [0.25, 0.3) is 0 Å². The van der Waals surface area contributed by atoms with E-state index in [-0.39, 0.29) is 36.1 Å². The number of carbonyl (C=O) groups is 2. The molecule has 0 spiro atoms. The van der Waals surface area contributed by atoms with Crippen LogP contribution < -0.4 is 0 Å². The van der Waals surface area contributed by atoms with Gasteiger partial charge < -0.3 is 14.2 Å². The minimum atomic E-state index is -0.309. The number of benzene rings is 1. The van der Waals surface area contributed by atoms with E-state index >= 15 is 0 Å². The van der Waals surface area contributed by atoms with Gasteiger partial charge in [-0.3, -0.25) is 9.59 Å². The molecule has 174 valence electrons. The summed E-state index contributed by atoms with van der Waals surface area (Å²) in [5.74, 6) is 1.13. The quantitative estimate of drug-likeness (QED) is 0.438. The normalized spacial score (nSPS) is 14.2. The van der Waals surface area contributed by atoms with Crippen molar-refractivity contribution in [2.75, 3.05) is 6.54 Å². The van der Waals surface area contributed by atoms with Gasteiger partial charge in [-0.2, -0.15) is 0 Å². The van der Waals surface area contributed by atoms with E-state index in [1.807, 2.05) is 26.0 Å².